The molecular weight excluding hydrogens is 126 g/mol. The summed E-state index contributed by atoms with van der Waals surface area (Å²) < 4.78 is 5.47. The predicted octanol–water partition coefficient (Wildman–Crippen LogP) is 0.917. The Balaban J connectivity index is 1.59. The van der Waals surface area contributed by atoms with Gasteiger partial charge in [-0.05, 0) is 25.7 Å². The topological polar surface area (TPSA) is 21.3 Å². The van der Waals surface area contributed by atoms with Crippen molar-refractivity contribution >= 4 is 0 Å². The third-order valence-corrected chi connectivity index (χ3v) is 2.24. The SMILES string of the molecule is C1COC(CNC2CC2)C1. The number of hydrogen-bond acceptors (Lipinski definition) is 2. The maximum Gasteiger partial charge on any atom is 0.0700 e. The zero-order valence-corrected chi connectivity index (χ0v) is 6.31. The first-order chi connectivity index (χ1) is 4.95. The molecule has 1 saturated heterocycles. The van der Waals surface area contributed by atoms with Gasteiger partial charge in [-0.15, -0.1) is 0 Å². The summed E-state index contributed by atoms with van der Waals surface area (Å²) >= 11 is 0. The van der Waals surface area contributed by atoms with E-state index in [0.29, 0.717) is 6.10 Å². The van der Waals surface area contributed by atoms with Gasteiger partial charge in [0, 0.05) is 19.2 Å². The van der Waals surface area contributed by atoms with Crippen LogP contribution in [-0.2, 0) is 4.74 Å². The normalized spacial score (nSPS) is 33.0. The summed E-state index contributed by atoms with van der Waals surface area (Å²) in [5.41, 5.74) is 0. The van der Waals surface area contributed by atoms with E-state index in [9.17, 15) is 0 Å². The van der Waals surface area contributed by atoms with Crippen LogP contribution in [0, 0.1) is 0 Å². The molecule has 1 N–H and O–H groups in total. The number of nitrogens with one attached hydrogen (secondary N) is 1. The van der Waals surface area contributed by atoms with E-state index in [-0.39, 0.29) is 0 Å². The van der Waals surface area contributed by atoms with Crippen LogP contribution in [0.3, 0.4) is 0 Å². The molecule has 0 aromatic heterocycles. The third kappa shape index (κ3) is 1.70. The van der Waals surface area contributed by atoms with Crippen molar-refractivity contribution in [2.45, 2.75) is 37.8 Å². The lowest BCUT2D eigenvalue weighted by Crippen LogP contribution is -2.27. The average molecular weight is 141 g/mol. The average Bonchev–Trinajstić information content (AvgIpc) is 2.63. The van der Waals surface area contributed by atoms with E-state index in [1.54, 1.807) is 0 Å². The van der Waals surface area contributed by atoms with Crippen molar-refractivity contribution in [3.63, 3.8) is 0 Å². The molecule has 1 heterocycles. The van der Waals surface area contributed by atoms with E-state index in [2.05, 4.69) is 5.32 Å². The highest BCUT2D eigenvalue weighted by molar-refractivity contribution is 4.82. The smallest absolute Gasteiger partial charge is 0.0700 e. The molecule has 1 aliphatic carbocycles. The molecule has 1 atom stereocenters. The number of rotatable bonds is 3. The fraction of sp³-hybridized carbons (Fsp3) is 1.00. The molecule has 10 heavy (non-hydrogen) atoms. The third-order valence-electron chi connectivity index (χ3n) is 2.24. The van der Waals surface area contributed by atoms with E-state index >= 15 is 0 Å². The highest BCUT2D eigenvalue weighted by Gasteiger charge is 2.23. The summed E-state index contributed by atoms with van der Waals surface area (Å²) in [5.74, 6) is 0. The molecule has 2 fully saturated rings. The lowest BCUT2D eigenvalue weighted by atomic mass is 10.2. The maximum atomic E-state index is 5.47. The van der Waals surface area contributed by atoms with Gasteiger partial charge in [-0.3, -0.25) is 0 Å². The summed E-state index contributed by atoms with van der Waals surface area (Å²) in [6, 6.07) is 0.837. The van der Waals surface area contributed by atoms with Gasteiger partial charge in [0.2, 0.25) is 0 Å². The summed E-state index contributed by atoms with van der Waals surface area (Å²) in [5, 5.41) is 3.47. The minimum atomic E-state index is 0.528. The second kappa shape index (κ2) is 2.89. The largest absolute Gasteiger partial charge is 0.377 e. The number of hydrogen-bond donors (Lipinski definition) is 1. The Morgan fingerprint density at radius 3 is 2.80 bits per heavy atom. The van der Waals surface area contributed by atoms with E-state index < -0.39 is 0 Å². The van der Waals surface area contributed by atoms with Crippen molar-refractivity contribution in [3.8, 4) is 0 Å². The van der Waals surface area contributed by atoms with Gasteiger partial charge in [-0.1, -0.05) is 0 Å². The fourth-order valence-corrected chi connectivity index (χ4v) is 1.39. The van der Waals surface area contributed by atoms with Gasteiger partial charge in [-0.25, -0.2) is 0 Å². The summed E-state index contributed by atoms with van der Waals surface area (Å²) in [4.78, 5) is 0. The van der Waals surface area contributed by atoms with Crippen LogP contribution in [0.1, 0.15) is 25.7 Å². The van der Waals surface area contributed by atoms with Crippen molar-refractivity contribution in [1.82, 2.24) is 5.32 Å². The summed E-state index contributed by atoms with van der Waals surface area (Å²) in [6.45, 7) is 2.07. The first-order valence-corrected chi connectivity index (χ1v) is 4.30. The lowest BCUT2D eigenvalue weighted by Gasteiger charge is -2.08. The maximum absolute atomic E-state index is 5.47. The van der Waals surface area contributed by atoms with Crippen LogP contribution in [-0.4, -0.2) is 25.3 Å². The zero-order chi connectivity index (χ0) is 6.81. The van der Waals surface area contributed by atoms with Crippen LogP contribution in [0.5, 0.6) is 0 Å². The van der Waals surface area contributed by atoms with E-state index in [4.69, 9.17) is 4.74 Å². The first kappa shape index (κ1) is 6.62. The Kier molecular flexibility index (Phi) is 1.91. The van der Waals surface area contributed by atoms with Gasteiger partial charge >= 0.3 is 0 Å². The second-order valence-corrected chi connectivity index (χ2v) is 3.32. The molecule has 2 aliphatic rings. The minimum Gasteiger partial charge on any atom is -0.377 e. The molecule has 58 valence electrons. The molecule has 0 aromatic carbocycles. The summed E-state index contributed by atoms with van der Waals surface area (Å²) in [7, 11) is 0. The van der Waals surface area contributed by atoms with Crippen LogP contribution >= 0.6 is 0 Å². The Morgan fingerprint density at radius 2 is 2.20 bits per heavy atom. The Morgan fingerprint density at radius 1 is 1.30 bits per heavy atom. The van der Waals surface area contributed by atoms with E-state index in [1.807, 2.05) is 0 Å². The van der Waals surface area contributed by atoms with Crippen molar-refractivity contribution in [3.05, 3.63) is 0 Å². The van der Waals surface area contributed by atoms with Crippen molar-refractivity contribution < 1.29 is 4.74 Å². The minimum absolute atomic E-state index is 0.528. The molecule has 1 aliphatic heterocycles. The van der Waals surface area contributed by atoms with Gasteiger partial charge < -0.3 is 10.1 Å². The fourth-order valence-electron chi connectivity index (χ4n) is 1.39. The highest BCUT2D eigenvalue weighted by Crippen LogP contribution is 2.19. The lowest BCUT2D eigenvalue weighted by molar-refractivity contribution is 0.110. The monoisotopic (exact) mass is 141 g/mol. The van der Waals surface area contributed by atoms with Crippen LogP contribution in [0.2, 0.25) is 0 Å². The Bertz CT molecular complexity index is 106. The summed E-state index contributed by atoms with van der Waals surface area (Å²) in [6.07, 6.45) is 5.82. The highest BCUT2D eigenvalue weighted by atomic mass is 16.5. The second-order valence-electron chi connectivity index (χ2n) is 3.32. The van der Waals surface area contributed by atoms with Gasteiger partial charge in [0.1, 0.15) is 0 Å². The van der Waals surface area contributed by atoms with Crippen LogP contribution in [0.4, 0.5) is 0 Å². The standard InChI is InChI=1S/C8H15NO/c1-2-8(10-5-1)6-9-7-3-4-7/h7-9H,1-6H2. The van der Waals surface area contributed by atoms with Crippen LogP contribution < -0.4 is 5.32 Å². The van der Waals surface area contributed by atoms with Gasteiger partial charge in [0.05, 0.1) is 6.10 Å². The zero-order valence-electron chi connectivity index (χ0n) is 6.31. The molecule has 0 radical (unpaired) electrons. The van der Waals surface area contributed by atoms with E-state index in [1.165, 1.54) is 25.7 Å². The van der Waals surface area contributed by atoms with Crippen molar-refractivity contribution in [2.24, 2.45) is 0 Å². The van der Waals surface area contributed by atoms with Gasteiger partial charge in [0.15, 0.2) is 0 Å². The van der Waals surface area contributed by atoms with Crippen LogP contribution in [0.25, 0.3) is 0 Å². The predicted molar refractivity (Wildman–Crippen MR) is 40.0 cm³/mol. The Labute approximate surface area is 61.9 Å². The Hall–Kier alpha value is -0.0800. The van der Waals surface area contributed by atoms with Crippen molar-refractivity contribution in [2.75, 3.05) is 13.2 Å². The molecule has 1 saturated carbocycles. The quantitative estimate of drug-likeness (QED) is 0.631. The van der Waals surface area contributed by atoms with E-state index in [0.717, 1.165) is 19.2 Å². The molecular formula is C8H15NO. The molecule has 0 aromatic rings. The number of ether oxygens (including phenoxy) is 1. The van der Waals surface area contributed by atoms with Crippen LogP contribution in [0.15, 0.2) is 0 Å². The van der Waals surface area contributed by atoms with Gasteiger partial charge in [-0.2, -0.15) is 0 Å². The molecule has 0 bridgehead atoms. The molecule has 0 spiro atoms. The molecule has 2 nitrogen and oxygen atoms in total. The van der Waals surface area contributed by atoms with Gasteiger partial charge in [0.25, 0.3) is 0 Å². The van der Waals surface area contributed by atoms with Crippen molar-refractivity contribution in [1.29, 1.82) is 0 Å². The molecule has 2 rings (SSSR count). The molecule has 1 unspecified atom stereocenters. The first-order valence-electron chi connectivity index (χ1n) is 4.30. The molecule has 2 heteroatoms. The molecule has 0 amide bonds.